The maximum atomic E-state index is 11.2. The Morgan fingerprint density at radius 2 is 2.21 bits per heavy atom. The molecule has 1 heterocycles. The highest BCUT2D eigenvalue weighted by Gasteiger charge is 2.12. The van der Waals surface area contributed by atoms with E-state index in [0.29, 0.717) is 15.7 Å². The predicted molar refractivity (Wildman–Crippen MR) is 70.6 cm³/mol. The summed E-state index contributed by atoms with van der Waals surface area (Å²) in [4.78, 5) is 22.2. The van der Waals surface area contributed by atoms with Crippen molar-refractivity contribution in [2.45, 2.75) is 10.1 Å². The summed E-state index contributed by atoms with van der Waals surface area (Å²) in [5, 5.41) is 20.3. The summed E-state index contributed by atoms with van der Waals surface area (Å²) in [6, 6.07) is 4.62. The molecule has 0 saturated heterocycles. The van der Waals surface area contributed by atoms with E-state index < -0.39 is 4.92 Å². The first-order chi connectivity index (χ1) is 9.01. The van der Waals surface area contributed by atoms with Crippen molar-refractivity contribution >= 4 is 23.1 Å². The monoisotopic (exact) mass is 281 g/mol. The number of hydrogen-bond donors (Lipinski definition) is 2. The van der Waals surface area contributed by atoms with Gasteiger partial charge < -0.3 is 5.32 Å². The molecule has 0 fully saturated rings. The van der Waals surface area contributed by atoms with Crippen molar-refractivity contribution < 1.29 is 4.92 Å². The summed E-state index contributed by atoms with van der Waals surface area (Å²) < 4.78 is 1.34. The van der Waals surface area contributed by atoms with E-state index >= 15 is 0 Å². The van der Waals surface area contributed by atoms with Gasteiger partial charge in [-0.3, -0.25) is 14.7 Å². The van der Waals surface area contributed by atoms with Gasteiger partial charge in [-0.2, -0.15) is 0 Å². The molecule has 0 bridgehead atoms. The molecule has 2 N–H and O–H groups in total. The van der Waals surface area contributed by atoms with E-state index in [2.05, 4.69) is 15.5 Å². The highest BCUT2D eigenvalue weighted by atomic mass is 32.2. The number of rotatable bonds is 4. The Labute approximate surface area is 112 Å². The van der Waals surface area contributed by atoms with Gasteiger partial charge in [-0.25, -0.2) is 9.89 Å². The molecule has 2 rings (SSSR count). The van der Waals surface area contributed by atoms with Crippen molar-refractivity contribution in [1.82, 2.24) is 14.8 Å². The average Bonchev–Trinajstić information content (AvgIpc) is 2.70. The third-order valence-corrected chi connectivity index (χ3v) is 3.46. The first kappa shape index (κ1) is 13.1. The lowest BCUT2D eigenvalue weighted by atomic mass is 10.3. The van der Waals surface area contributed by atoms with Crippen LogP contribution in [-0.2, 0) is 7.05 Å². The number of anilines is 1. The lowest BCUT2D eigenvalue weighted by Gasteiger charge is -2.04. The number of aromatic amines is 1. The van der Waals surface area contributed by atoms with Crippen LogP contribution in [0.25, 0.3) is 0 Å². The molecule has 0 unspecified atom stereocenters. The molecule has 0 saturated carbocycles. The van der Waals surface area contributed by atoms with Gasteiger partial charge in [0.2, 0.25) is 0 Å². The van der Waals surface area contributed by atoms with Gasteiger partial charge in [0.15, 0.2) is 5.16 Å². The largest absolute Gasteiger partial charge is 0.388 e. The number of nitro groups is 1. The van der Waals surface area contributed by atoms with Crippen molar-refractivity contribution in [3.63, 3.8) is 0 Å². The third kappa shape index (κ3) is 2.76. The lowest BCUT2D eigenvalue weighted by molar-refractivity contribution is -0.385. The molecule has 100 valence electrons. The highest BCUT2D eigenvalue weighted by Crippen LogP contribution is 2.31. The zero-order chi connectivity index (χ0) is 14.0. The van der Waals surface area contributed by atoms with Crippen molar-refractivity contribution in [1.29, 1.82) is 0 Å². The lowest BCUT2D eigenvalue weighted by Crippen LogP contribution is -2.12. The Morgan fingerprint density at radius 3 is 2.74 bits per heavy atom. The second-order valence-electron chi connectivity index (χ2n) is 3.70. The first-order valence-corrected chi connectivity index (χ1v) is 6.09. The van der Waals surface area contributed by atoms with Crippen LogP contribution < -0.4 is 11.0 Å². The molecule has 2 aromatic rings. The number of H-pyrrole nitrogens is 1. The van der Waals surface area contributed by atoms with E-state index in [-0.39, 0.29) is 11.4 Å². The standard InChI is InChI=1S/C10H11N5O3S/c1-11-6-3-7(15(17)18)5-8(4-6)19-10-13-12-9(16)14(10)2/h3-5,11H,1-2H3,(H,12,16). The molecule has 0 amide bonds. The second kappa shape index (κ2) is 5.14. The summed E-state index contributed by atoms with van der Waals surface area (Å²) in [5.74, 6) is 0. The second-order valence-corrected chi connectivity index (χ2v) is 4.74. The van der Waals surface area contributed by atoms with Crippen LogP contribution in [0.4, 0.5) is 11.4 Å². The van der Waals surface area contributed by atoms with Crippen LogP contribution in [-0.4, -0.2) is 26.7 Å². The number of nitrogens with one attached hydrogen (secondary N) is 2. The van der Waals surface area contributed by atoms with E-state index in [4.69, 9.17) is 0 Å². The zero-order valence-electron chi connectivity index (χ0n) is 10.2. The van der Waals surface area contributed by atoms with E-state index in [1.54, 1.807) is 20.2 Å². The molecule has 0 atom stereocenters. The van der Waals surface area contributed by atoms with Crippen LogP contribution in [0.15, 0.2) is 33.0 Å². The third-order valence-electron chi connectivity index (χ3n) is 2.44. The number of non-ortho nitro benzene ring substituents is 1. The molecule has 1 aromatic heterocycles. The Hall–Kier alpha value is -2.29. The van der Waals surface area contributed by atoms with Gasteiger partial charge in [0.05, 0.1) is 4.92 Å². The number of aromatic nitrogens is 3. The summed E-state index contributed by atoms with van der Waals surface area (Å²) in [5.41, 5.74) is 0.272. The molecule has 0 aliphatic rings. The summed E-state index contributed by atoms with van der Waals surface area (Å²) in [6.45, 7) is 0. The van der Waals surface area contributed by atoms with E-state index in [0.717, 1.165) is 0 Å². The number of nitrogens with zero attached hydrogens (tertiary/aromatic N) is 3. The van der Waals surface area contributed by atoms with E-state index in [1.807, 2.05) is 0 Å². The predicted octanol–water partition coefficient (Wildman–Crippen LogP) is 1.21. The van der Waals surface area contributed by atoms with Crippen molar-refractivity contribution in [2.75, 3.05) is 12.4 Å². The minimum Gasteiger partial charge on any atom is -0.388 e. The quantitative estimate of drug-likeness (QED) is 0.644. The molecular formula is C10H11N5O3S. The summed E-state index contributed by atoms with van der Waals surface area (Å²) >= 11 is 1.17. The van der Waals surface area contributed by atoms with Gasteiger partial charge >= 0.3 is 5.69 Å². The number of nitro benzene ring substituents is 1. The van der Waals surface area contributed by atoms with Gasteiger partial charge in [-0.05, 0) is 17.8 Å². The molecule has 0 spiro atoms. The minimum atomic E-state index is -0.464. The van der Waals surface area contributed by atoms with Crippen LogP contribution >= 0.6 is 11.8 Å². The van der Waals surface area contributed by atoms with Gasteiger partial charge in [0, 0.05) is 36.8 Å². The molecular weight excluding hydrogens is 270 g/mol. The molecule has 19 heavy (non-hydrogen) atoms. The highest BCUT2D eigenvalue weighted by molar-refractivity contribution is 7.99. The molecule has 8 nitrogen and oxygen atoms in total. The zero-order valence-corrected chi connectivity index (χ0v) is 11.0. The molecule has 0 aliphatic carbocycles. The van der Waals surface area contributed by atoms with Gasteiger partial charge in [-0.15, -0.1) is 5.10 Å². The van der Waals surface area contributed by atoms with Crippen LogP contribution in [0.2, 0.25) is 0 Å². The van der Waals surface area contributed by atoms with Crippen LogP contribution in [0, 0.1) is 10.1 Å². The molecule has 0 aliphatic heterocycles. The topological polar surface area (TPSA) is 106 Å². The minimum absolute atomic E-state index is 0.0186. The molecule has 1 aromatic carbocycles. The smallest absolute Gasteiger partial charge is 0.343 e. The van der Waals surface area contributed by atoms with Crippen LogP contribution in [0.5, 0.6) is 0 Å². The number of benzene rings is 1. The van der Waals surface area contributed by atoms with Crippen LogP contribution in [0.1, 0.15) is 0 Å². The van der Waals surface area contributed by atoms with Crippen LogP contribution in [0.3, 0.4) is 0 Å². The SMILES string of the molecule is CNc1cc(Sc2n[nH]c(=O)n2C)cc([N+](=O)[O-])c1. The van der Waals surface area contributed by atoms with Gasteiger partial charge in [0.1, 0.15) is 0 Å². The maximum Gasteiger partial charge on any atom is 0.343 e. The summed E-state index contributed by atoms with van der Waals surface area (Å²) in [6.07, 6.45) is 0. The Bertz CT molecular complexity index is 678. The molecule has 9 heteroatoms. The van der Waals surface area contributed by atoms with E-state index in [1.165, 1.54) is 28.5 Å². The fraction of sp³-hybridized carbons (Fsp3) is 0.200. The first-order valence-electron chi connectivity index (χ1n) is 5.27. The molecule has 0 radical (unpaired) electrons. The average molecular weight is 281 g/mol. The van der Waals surface area contributed by atoms with Crippen molar-refractivity contribution in [3.05, 3.63) is 38.8 Å². The summed E-state index contributed by atoms with van der Waals surface area (Å²) in [7, 11) is 3.25. The van der Waals surface area contributed by atoms with Gasteiger partial charge in [0.25, 0.3) is 5.69 Å². The Balaban J connectivity index is 2.39. The Kier molecular flexibility index (Phi) is 3.56. The normalized spacial score (nSPS) is 10.4. The fourth-order valence-electron chi connectivity index (χ4n) is 1.42. The van der Waals surface area contributed by atoms with Crippen molar-refractivity contribution in [2.24, 2.45) is 7.05 Å². The Morgan fingerprint density at radius 1 is 1.47 bits per heavy atom. The van der Waals surface area contributed by atoms with E-state index in [9.17, 15) is 14.9 Å². The number of hydrogen-bond acceptors (Lipinski definition) is 6. The maximum absolute atomic E-state index is 11.2. The fourth-order valence-corrected chi connectivity index (χ4v) is 2.31. The van der Waals surface area contributed by atoms with Gasteiger partial charge in [-0.1, -0.05) is 0 Å². The van der Waals surface area contributed by atoms with Crippen molar-refractivity contribution in [3.8, 4) is 0 Å².